The maximum absolute atomic E-state index is 11.8. The van der Waals surface area contributed by atoms with Crippen LogP contribution in [0.25, 0.3) is 0 Å². The van der Waals surface area contributed by atoms with Crippen LogP contribution in [0.4, 0.5) is 0 Å². The molecule has 6 nitrogen and oxygen atoms in total. The molecule has 120 valence electrons. The average Bonchev–Trinajstić information content (AvgIpc) is 2.33. The maximum atomic E-state index is 11.8. The van der Waals surface area contributed by atoms with Crippen molar-refractivity contribution in [3.05, 3.63) is 29.8 Å². The summed E-state index contributed by atoms with van der Waals surface area (Å²) in [4.78, 5) is 11.9. The van der Waals surface area contributed by atoms with Crippen molar-refractivity contribution in [1.82, 2.24) is 5.32 Å². The van der Waals surface area contributed by atoms with Crippen LogP contribution in [0.3, 0.4) is 0 Å². The number of benzene rings is 1. The molecule has 0 fully saturated rings. The fourth-order valence-corrected chi connectivity index (χ4v) is 2.00. The second-order valence-corrected chi connectivity index (χ2v) is 7.31. The minimum Gasteiger partial charge on any atom is -0.351 e. The van der Waals surface area contributed by atoms with E-state index in [2.05, 4.69) is 5.32 Å². The van der Waals surface area contributed by atoms with Crippen molar-refractivity contribution in [2.75, 3.05) is 0 Å². The highest BCUT2D eigenvalue weighted by Gasteiger charge is 2.27. The first-order valence-electron chi connectivity index (χ1n) is 6.17. The lowest BCUT2D eigenvalue weighted by Crippen LogP contribution is -2.48. The van der Waals surface area contributed by atoms with Crippen LogP contribution in [0.15, 0.2) is 29.2 Å². The van der Waals surface area contributed by atoms with Gasteiger partial charge in [0.1, 0.15) is 0 Å². The van der Waals surface area contributed by atoms with Crippen LogP contribution in [-0.2, 0) is 21.4 Å². The Morgan fingerprint density at radius 3 is 2.10 bits per heavy atom. The molecule has 0 radical (unpaired) electrons. The van der Waals surface area contributed by atoms with Crippen molar-refractivity contribution in [3.63, 3.8) is 0 Å². The monoisotopic (exact) mass is 335 g/mol. The first-order valence-corrected chi connectivity index (χ1v) is 7.71. The molecule has 0 bridgehead atoms. The Hall–Kier alpha value is -1.15. The molecule has 0 aliphatic carbocycles. The van der Waals surface area contributed by atoms with Gasteiger partial charge < -0.3 is 11.1 Å². The van der Waals surface area contributed by atoms with E-state index in [0.717, 1.165) is 5.56 Å². The summed E-state index contributed by atoms with van der Waals surface area (Å²) >= 11 is 0. The summed E-state index contributed by atoms with van der Waals surface area (Å²) in [5.41, 5.74) is 6.28. The largest absolute Gasteiger partial charge is 0.351 e. The van der Waals surface area contributed by atoms with Gasteiger partial charge in [-0.2, -0.15) is 0 Å². The van der Waals surface area contributed by atoms with Gasteiger partial charge in [0.25, 0.3) is 0 Å². The number of hydrogen-bond donors (Lipinski definition) is 3. The summed E-state index contributed by atoms with van der Waals surface area (Å²) in [7, 11) is -3.69. The molecular formula is C13H22ClN3O3S. The molecule has 1 amide bonds. The van der Waals surface area contributed by atoms with E-state index in [0.29, 0.717) is 0 Å². The van der Waals surface area contributed by atoms with Gasteiger partial charge in [-0.1, -0.05) is 32.9 Å². The highest BCUT2D eigenvalue weighted by Crippen LogP contribution is 2.17. The minimum absolute atomic E-state index is 0. The van der Waals surface area contributed by atoms with Gasteiger partial charge in [-0.05, 0) is 23.1 Å². The first kappa shape index (κ1) is 19.9. The van der Waals surface area contributed by atoms with Gasteiger partial charge in [0.05, 0.1) is 10.9 Å². The van der Waals surface area contributed by atoms with Gasteiger partial charge in [-0.25, -0.2) is 13.6 Å². The lowest BCUT2D eigenvalue weighted by atomic mass is 9.87. The zero-order valence-corrected chi connectivity index (χ0v) is 13.9. The molecule has 0 unspecified atom stereocenters. The summed E-state index contributed by atoms with van der Waals surface area (Å²) in [6.07, 6.45) is 0. The molecule has 0 aliphatic rings. The number of nitrogens with two attached hydrogens (primary N) is 2. The summed E-state index contributed by atoms with van der Waals surface area (Å²) in [5, 5.41) is 7.72. The van der Waals surface area contributed by atoms with E-state index in [-0.39, 0.29) is 35.2 Å². The number of nitrogens with one attached hydrogen (secondary N) is 1. The van der Waals surface area contributed by atoms with Crippen molar-refractivity contribution in [1.29, 1.82) is 0 Å². The molecule has 1 aromatic carbocycles. The Balaban J connectivity index is 0.00000400. The van der Waals surface area contributed by atoms with Crippen molar-refractivity contribution in [2.24, 2.45) is 16.3 Å². The van der Waals surface area contributed by atoms with E-state index in [9.17, 15) is 13.2 Å². The molecule has 0 heterocycles. The van der Waals surface area contributed by atoms with Gasteiger partial charge in [0.15, 0.2) is 0 Å². The van der Waals surface area contributed by atoms with Gasteiger partial charge >= 0.3 is 0 Å². The summed E-state index contributed by atoms with van der Waals surface area (Å²) in [5.74, 6) is -0.243. The molecule has 5 N–H and O–H groups in total. The molecule has 0 saturated carbocycles. The zero-order chi connectivity index (χ0) is 15.6. The number of amides is 1. The zero-order valence-electron chi connectivity index (χ0n) is 12.3. The number of carbonyl (C=O) groups is 1. The summed E-state index contributed by atoms with van der Waals surface area (Å²) < 4.78 is 22.2. The third-order valence-corrected chi connectivity index (χ3v) is 3.86. The highest BCUT2D eigenvalue weighted by atomic mass is 35.5. The van der Waals surface area contributed by atoms with Crippen LogP contribution < -0.4 is 16.2 Å². The molecule has 0 aliphatic heterocycles. The number of carbonyl (C=O) groups excluding carboxylic acids is 1. The lowest BCUT2D eigenvalue weighted by molar-refractivity contribution is -0.124. The van der Waals surface area contributed by atoms with E-state index < -0.39 is 16.1 Å². The van der Waals surface area contributed by atoms with Gasteiger partial charge in [-0.15, -0.1) is 12.4 Å². The maximum Gasteiger partial charge on any atom is 0.238 e. The molecule has 0 saturated heterocycles. The molecule has 8 heteroatoms. The molecule has 21 heavy (non-hydrogen) atoms. The highest BCUT2D eigenvalue weighted by molar-refractivity contribution is 7.89. The van der Waals surface area contributed by atoms with E-state index in [1.165, 1.54) is 12.1 Å². The van der Waals surface area contributed by atoms with Crippen LogP contribution in [0.1, 0.15) is 26.3 Å². The Morgan fingerprint density at radius 2 is 1.71 bits per heavy atom. The molecule has 1 aromatic rings. The third kappa shape index (κ3) is 6.01. The fourth-order valence-electron chi connectivity index (χ4n) is 1.49. The third-order valence-electron chi connectivity index (χ3n) is 2.93. The standard InChI is InChI=1S/C13H21N3O3S.ClH/c1-13(2,3)11(14)12(17)16-8-9-4-6-10(7-5-9)20(15,18)19;/h4-7,11H,8,14H2,1-3H3,(H,16,17)(H2,15,18,19);1H/t11-;/m1./s1. The molecule has 0 spiro atoms. The Labute approximate surface area is 131 Å². The second kappa shape index (κ2) is 7.22. The molecule has 1 rings (SSSR count). The van der Waals surface area contributed by atoms with Crippen LogP contribution in [0.5, 0.6) is 0 Å². The van der Waals surface area contributed by atoms with Crippen molar-refractivity contribution in [3.8, 4) is 0 Å². The predicted molar refractivity (Wildman–Crippen MR) is 84.3 cm³/mol. The number of primary sulfonamides is 1. The predicted octanol–water partition coefficient (Wildman–Crippen LogP) is 0.745. The number of hydrogen-bond acceptors (Lipinski definition) is 4. The lowest BCUT2D eigenvalue weighted by Gasteiger charge is -2.25. The van der Waals surface area contributed by atoms with Gasteiger partial charge in [-0.3, -0.25) is 4.79 Å². The Bertz CT molecular complexity index is 580. The SMILES string of the molecule is CC(C)(C)[C@H](N)C(=O)NCc1ccc(S(N)(=O)=O)cc1.Cl. The number of sulfonamides is 1. The Kier molecular flexibility index (Phi) is 6.82. The number of halogens is 1. The van der Waals surface area contributed by atoms with Crippen molar-refractivity contribution in [2.45, 2.75) is 38.3 Å². The molecule has 0 aromatic heterocycles. The van der Waals surface area contributed by atoms with Crippen molar-refractivity contribution >= 4 is 28.3 Å². The Morgan fingerprint density at radius 1 is 1.24 bits per heavy atom. The fraction of sp³-hybridized carbons (Fsp3) is 0.462. The topological polar surface area (TPSA) is 115 Å². The summed E-state index contributed by atoms with van der Waals surface area (Å²) in [6.45, 7) is 5.95. The van der Waals surface area contributed by atoms with Crippen LogP contribution in [0.2, 0.25) is 0 Å². The summed E-state index contributed by atoms with van der Waals surface area (Å²) in [6, 6.07) is 5.40. The smallest absolute Gasteiger partial charge is 0.238 e. The molecule has 1 atom stereocenters. The van der Waals surface area contributed by atoms with E-state index >= 15 is 0 Å². The van der Waals surface area contributed by atoms with E-state index in [4.69, 9.17) is 10.9 Å². The van der Waals surface area contributed by atoms with E-state index in [1.807, 2.05) is 20.8 Å². The van der Waals surface area contributed by atoms with Gasteiger partial charge in [0.2, 0.25) is 15.9 Å². The van der Waals surface area contributed by atoms with Crippen LogP contribution in [-0.4, -0.2) is 20.4 Å². The average molecular weight is 336 g/mol. The number of rotatable bonds is 4. The van der Waals surface area contributed by atoms with Crippen LogP contribution >= 0.6 is 12.4 Å². The quantitative estimate of drug-likeness (QED) is 0.752. The normalized spacial score (nSPS) is 13.2. The molecular weight excluding hydrogens is 314 g/mol. The minimum atomic E-state index is -3.69. The van der Waals surface area contributed by atoms with Gasteiger partial charge in [0, 0.05) is 6.54 Å². The van der Waals surface area contributed by atoms with E-state index in [1.54, 1.807) is 12.1 Å². The first-order chi connectivity index (χ1) is 9.01. The van der Waals surface area contributed by atoms with Crippen molar-refractivity contribution < 1.29 is 13.2 Å². The second-order valence-electron chi connectivity index (χ2n) is 5.75. The van der Waals surface area contributed by atoms with Crippen LogP contribution in [0, 0.1) is 5.41 Å².